The van der Waals surface area contributed by atoms with Gasteiger partial charge in [-0.25, -0.2) is 4.39 Å². The number of carbonyl (C=O) groups is 1. The molecule has 0 aromatic heterocycles. The van der Waals surface area contributed by atoms with Gasteiger partial charge in [0.2, 0.25) is 5.91 Å². The molecule has 5 nitrogen and oxygen atoms in total. The van der Waals surface area contributed by atoms with Gasteiger partial charge < -0.3 is 14.5 Å². The quantitative estimate of drug-likeness (QED) is 0.661. The van der Waals surface area contributed by atoms with E-state index in [1.165, 1.54) is 13.2 Å². The van der Waals surface area contributed by atoms with Gasteiger partial charge in [0.1, 0.15) is 0 Å². The van der Waals surface area contributed by atoms with Crippen molar-refractivity contribution in [2.75, 3.05) is 46.2 Å². The monoisotopic (exact) mass is 387 g/mol. The van der Waals surface area contributed by atoms with E-state index in [2.05, 4.69) is 0 Å². The highest BCUT2D eigenvalue weighted by molar-refractivity contribution is 5.78. The SMILES string of the molecule is CCN(CC(=O)N(C)Cc1ccc(N(C)C)cc1)Cc1ccc(OC)c(F)c1. The minimum Gasteiger partial charge on any atom is -0.494 e. The normalized spacial score (nSPS) is 10.8. The Morgan fingerprint density at radius 3 is 2.18 bits per heavy atom. The summed E-state index contributed by atoms with van der Waals surface area (Å²) in [6.07, 6.45) is 0. The summed E-state index contributed by atoms with van der Waals surface area (Å²) in [4.78, 5) is 18.4. The highest BCUT2D eigenvalue weighted by atomic mass is 19.1. The number of methoxy groups -OCH3 is 1. The van der Waals surface area contributed by atoms with Gasteiger partial charge in [-0.15, -0.1) is 0 Å². The number of hydrogen-bond acceptors (Lipinski definition) is 4. The summed E-state index contributed by atoms with van der Waals surface area (Å²) in [5.74, 6) is -0.129. The summed E-state index contributed by atoms with van der Waals surface area (Å²) < 4.78 is 18.8. The molecule has 28 heavy (non-hydrogen) atoms. The Hall–Kier alpha value is -2.60. The molecule has 152 valence electrons. The molecule has 0 unspecified atom stereocenters. The fraction of sp³-hybridized carbons (Fsp3) is 0.409. The van der Waals surface area contributed by atoms with Gasteiger partial charge in [-0.3, -0.25) is 9.69 Å². The molecule has 0 atom stereocenters. The Kier molecular flexibility index (Phi) is 7.81. The molecule has 0 heterocycles. The van der Waals surface area contributed by atoms with Gasteiger partial charge in [-0.2, -0.15) is 0 Å². The fourth-order valence-electron chi connectivity index (χ4n) is 2.92. The predicted molar refractivity (Wildman–Crippen MR) is 111 cm³/mol. The third kappa shape index (κ3) is 5.96. The van der Waals surface area contributed by atoms with E-state index in [-0.39, 0.29) is 24.0 Å². The lowest BCUT2D eigenvalue weighted by molar-refractivity contribution is -0.131. The number of ether oxygens (including phenoxy) is 1. The first-order valence-electron chi connectivity index (χ1n) is 9.39. The average Bonchev–Trinajstić information content (AvgIpc) is 2.67. The summed E-state index contributed by atoms with van der Waals surface area (Å²) in [5.41, 5.74) is 3.03. The third-order valence-electron chi connectivity index (χ3n) is 4.73. The van der Waals surface area contributed by atoms with E-state index in [9.17, 15) is 9.18 Å². The first kappa shape index (κ1) is 21.7. The molecule has 0 spiro atoms. The molecule has 0 radical (unpaired) electrons. The second-order valence-corrected chi connectivity index (χ2v) is 7.08. The summed E-state index contributed by atoms with van der Waals surface area (Å²) in [7, 11) is 7.25. The van der Waals surface area contributed by atoms with Crippen molar-refractivity contribution in [2.45, 2.75) is 20.0 Å². The largest absolute Gasteiger partial charge is 0.494 e. The maximum absolute atomic E-state index is 13.9. The molecule has 0 aliphatic heterocycles. The Morgan fingerprint density at radius 2 is 1.64 bits per heavy atom. The van der Waals surface area contributed by atoms with Crippen LogP contribution in [-0.4, -0.2) is 57.0 Å². The van der Waals surface area contributed by atoms with E-state index in [1.54, 1.807) is 11.0 Å². The minimum atomic E-state index is -0.388. The van der Waals surface area contributed by atoms with Crippen LogP contribution < -0.4 is 9.64 Å². The highest BCUT2D eigenvalue weighted by Gasteiger charge is 2.15. The Labute approximate surface area is 167 Å². The van der Waals surface area contributed by atoms with Gasteiger partial charge in [0.15, 0.2) is 11.6 Å². The molecule has 0 saturated heterocycles. The smallest absolute Gasteiger partial charge is 0.236 e. The fourth-order valence-corrected chi connectivity index (χ4v) is 2.92. The number of hydrogen-bond donors (Lipinski definition) is 0. The zero-order chi connectivity index (χ0) is 20.7. The van der Waals surface area contributed by atoms with Crippen molar-refractivity contribution in [3.63, 3.8) is 0 Å². The Morgan fingerprint density at radius 1 is 1.00 bits per heavy atom. The van der Waals surface area contributed by atoms with E-state index >= 15 is 0 Å². The maximum atomic E-state index is 13.9. The lowest BCUT2D eigenvalue weighted by atomic mass is 10.2. The number of amides is 1. The molecule has 2 aromatic carbocycles. The predicted octanol–water partition coefficient (Wildman–Crippen LogP) is 3.38. The second kappa shape index (κ2) is 10.1. The Balaban J connectivity index is 1.94. The summed E-state index contributed by atoms with van der Waals surface area (Å²) >= 11 is 0. The molecule has 2 rings (SSSR count). The number of nitrogens with zero attached hydrogens (tertiary/aromatic N) is 3. The number of anilines is 1. The molecule has 0 N–H and O–H groups in total. The molecular weight excluding hydrogens is 357 g/mol. The lowest BCUT2D eigenvalue weighted by Crippen LogP contribution is -2.37. The van der Waals surface area contributed by atoms with Crippen molar-refractivity contribution < 1.29 is 13.9 Å². The van der Waals surface area contributed by atoms with Crippen LogP contribution in [0.3, 0.4) is 0 Å². The molecule has 2 aromatic rings. The van der Waals surface area contributed by atoms with Gasteiger partial charge in [-0.1, -0.05) is 25.1 Å². The van der Waals surface area contributed by atoms with Crippen LogP contribution in [0.2, 0.25) is 0 Å². The van der Waals surface area contributed by atoms with E-state index < -0.39 is 0 Å². The molecular formula is C22H30FN3O2. The topological polar surface area (TPSA) is 36.0 Å². The van der Waals surface area contributed by atoms with Crippen molar-refractivity contribution in [3.8, 4) is 5.75 Å². The van der Waals surface area contributed by atoms with Crippen molar-refractivity contribution in [1.29, 1.82) is 0 Å². The first-order chi connectivity index (χ1) is 13.3. The molecule has 0 fully saturated rings. The van der Waals surface area contributed by atoms with Crippen LogP contribution in [-0.2, 0) is 17.9 Å². The van der Waals surface area contributed by atoms with Crippen molar-refractivity contribution in [3.05, 3.63) is 59.4 Å². The number of rotatable bonds is 9. The summed E-state index contributed by atoms with van der Waals surface area (Å²) in [5, 5.41) is 0. The number of carbonyl (C=O) groups excluding carboxylic acids is 1. The van der Waals surface area contributed by atoms with Crippen molar-refractivity contribution >= 4 is 11.6 Å². The summed E-state index contributed by atoms with van der Waals surface area (Å²) in [6, 6.07) is 13.1. The number of likely N-dealkylation sites (N-methyl/N-ethyl adjacent to an activating group) is 2. The van der Waals surface area contributed by atoms with Crippen LogP contribution >= 0.6 is 0 Å². The minimum absolute atomic E-state index is 0.0347. The molecule has 1 amide bonds. The van der Waals surface area contributed by atoms with Crippen LogP contribution in [0.1, 0.15) is 18.1 Å². The average molecular weight is 387 g/mol. The summed E-state index contributed by atoms with van der Waals surface area (Å²) in [6.45, 7) is 4.05. The number of benzene rings is 2. The van der Waals surface area contributed by atoms with Crippen molar-refractivity contribution in [2.24, 2.45) is 0 Å². The van der Waals surface area contributed by atoms with E-state index in [0.29, 0.717) is 19.6 Å². The maximum Gasteiger partial charge on any atom is 0.236 e. The van der Waals surface area contributed by atoms with Crippen LogP contribution in [0.4, 0.5) is 10.1 Å². The second-order valence-electron chi connectivity index (χ2n) is 7.08. The molecule has 0 bridgehead atoms. The number of halogens is 1. The zero-order valence-electron chi connectivity index (χ0n) is 17.4. The molecule has 0 saturated carbocycles. The standard InChI is InChI=1S/C22H30FN3O2/c1-6-26(15-18-9-12-21(28-5)20(23)13-18)16-22(27)25(4)14-17-7-10-19(11-8-17)24(2)3/h7-13H,6,14-16H2,1-5H3. The van der Waals surface area contributed by atoms with Crippen LogP contribution in [0, 0.1) is 5.82 Å². The van der Waals surface area contributed by atoms with Crippen LogP contribution in [0.5, 0.6) is 5.75 Å². The van der Waals surface area contributed by atoms with Crippen LogP contribution in [0.15, 0.2) is 42.5 Å². The van der Waals surface area contributed by atoms with Gasteiger partial charge in [0.25, 0.3) is 0 Å². The van der Waals surface area contributed by atoms with Gasteiger partial charge in [-0.05, 0) is 41.9 Å². The van der Waals surface area contributed by atoms with E-state index in [1.807, 2.05) is 68.2 Å². The molecule has 0 aliphatic rings. The third-order valence-corrected chi connectivity index (χ3v) is 4.73. The van der Waals surface area contributed by atoms with E-state index in [0.717, 1.165) is 16.8 Å². The van der Waals surface area contributed by atoms with E-state index in [4.69, 9.17) is 4.74 Å². The van der Waals surface area contributed by atoms with Gasteiger partial charge in [0.05, 0.1) is 13.7 Å². The Bertz CT molecular complexity index is 778. The van der Waals surface area contributed by atoms with Crippen molar-refractivity contribution in [1.82, 2.24) is 9.80 Å². The zero-order valence-corrected chi connectivity index (χ0v) is 17.4. The lowest BCUT2D eigenvalue weighted by Gasteiger charge is -2.24. The highest BCUT2D eigenvalue weighted by Crippen LogP contribution is 2.19. The molecule has 6 heteroatoms. The molecule has 0 aliphatic carbocycles. The van der Waals surface area contributed by atoms with Crippen LogP contribution in [0.25, 0.3) is 0 Å². The van der Waals surface area contributed by atoms with Gasteiger partial charge in [0, 0.05) is 39.9 Å². The van der Waals surface area contributed by atoms with Gasteiger partial charge >= 0.3 is 0 Å². The first-order valence-corrected chi connectivity index (χ1v) is 9.39.